The van der Waals surface area contributed by atoms with E-state index in [-0.39, 0.29) is 0 Å². The van der Waals surface area contributed by atoms with Gasteiger partial charge in [0, 0.05) is 4.48 Å². The molecule has 26 heavy (non-hydrogen) atoms. The van der Waals surface area contributed by atoms with Crippen LogP contribution in [0.15, 0.2) is 98.9 Å². The minimum Gasteiger partial charge on any atom is -0.356 e. The van der Waals surface area contributed by atoms with E-state index in [2.05, 4.69) is 84.2 Å². The van der Waals surface area contributed by atoms with E-state index in [1.54, 1.807) is 0 Å². The number of ether oxygens (including phenoxy) is 1. The smallest absolute Gasteiger partial charge is 0.144 e. The summed E-state index contributed by atoms with van der Waals surface area (Å²) < 4.78 is 8.39. The third-order valence-corrected chi connectivity index (χ3v) is 6.81. The predicted molar refractivity (Wildman–Crippen MR) is 119 cm³/mol. The van der Waals surface area contributed by atoms with Crippen LogP contribution in [0.2, 0.25) is 0 Å². The molecule has 4 heteroatoms. The maximum atomic E-state index is 6.65. The van der Waals surface area contributed by atoms with Gasteiger partial charge in [0.25, 0.3) is 0 Å². The fourth-order valence-corrected chi connectivity index (χ4v) is 3.34. The quantitative estimate of drug-likeness (QED) is 0.299. The molecule has 0 saturated carbocycles. The molecule has 0 aliphatic heterocycles. The monoisotopic (exact) mass is 534 g/mol. The van der Waals surface area contributed by atoms with Gasteiger partial charge in [-0.1, -0.05) is 107 Å². The molecule has 0 amide bonds. The molecule has 3 aromatic rings. The van der Waals surface area contributed by atoms with Crippen LogP contribution < -0.4 is 0 Å². The highest BCUT2D eigenvalue weighted by molar-refractivity contribution is 9.29. The van der Waals surface area contributed by atoms with Crippen LogP contribution in [0.4, 0.5) is 0 Å². The Labute approximate surface area is 179 Å². The van der Waals surface area contributed by atoms with Crippen LogP contribution in [0.5, 0.6) is 0 Å². The van der Waals surface area contributed by atoms with Gasteiger partial charge in [-0.2, -0.15) is 0 Å². The minimum atomic E-state index is -0.710. The second kappa shape index (κ2) is 9.14. The van der Waals surface area contributed by atoms with Gasteiger partial charge in [0.15, 0.2) is 0 Å². The van der Waals surface area contributed by atoms with Crippen molar-refractivity contribution >= 4 is 47.8 Å². The Bertz CT molecular complexity index is 761. The summed E-state index contributed by atoms with van der Waals surface area (Å²) in [7, 11) is 0. The Balaban J connectivity index is 2.23. The highest BCUT2D eigenvalue weighted by Gasteiger charge is 2.37. The van der Waals surface area contributed by atoms with Crippen LogP contribution in [0.3, 0.4) is 0 Å². The van der Waals surface area contributed by atoms with Gasteiger partial charge in [0.1, 0.15) is 5.60 Å². The predicted octanol–water partition coefficient (Wildman–Crippen LogP) is 7.35. The van der Waals surface area contributed by atoms with Gasteiger partial charge >= 0.3 is 0 Å². The summed E-state index contributed by atoms with van der Waals surface area (Å²) in [5.41, 5.74) is 2.55. The van der Waals surface area contributed by atoms with Gasteiger partial charge in [-0.15, -0.1) is 0 Å². The fourth-order valence-electron chi connectivity index (χ4n) is 2.99. The number of rotatable bonds is 6. The molecule has 3 rings (SSSR count). The van der Waals surface area contributed by atoms with Crippen LogP contribution in [-0.2, 0) is 10.3 Å². The van der Waals surface area contributed by atoms with E-state index >= 15 is 0 Å². The van der Waals surface area contributed by atoms with E-state index in [0.717, 1.165) is 24.6 Å². The van der Waals surface area contributed by atoms with Gasteiger partial charge in [-0.05, 0) is 48.6 Å². The molecule has 0 atom stereocenters. The summed E-state index contributed by atoms with van der Waals surface area (Å²) in [4.78, 5) is 0. The lowest BCUT2D eigenvalue weighted by atomic mass is 9.80. The zero-order valence-corrected chi connectivity index (χ0v) is 18.7. The van der Waals surface area contributed by atoms with Crippen LogP contribution in [0, 0.1) is 0 Å². The Morgan fingerprint density at radius 1 is 0.615 bits per heavy atom. The zero-order valence-electron chi connectivity index (χ0n) is 13.9. The molecule has 0 saturated heterocycles. The minimum absolute atomic E-state index is 0.407. The number of halogens is 3. The Morgan fingerprint density at radius 3 is 1.27 bits per heavy atom. The van der Waals surface area contributed by atoms with Gasteiger partial charge in [-0.3, -0.25) is 0 Å². The lowest BCUT2D eigenvalue weighted by molar-refractivity contribution is 0.0310. The largest absolute Gasteiger partial charge is 0.356 e. The molecule has 0 radical (unpaired) electrons. The molecule has 0 spiro atoms. The first kappa shape index (κ1) is 19.6. The molecular weight excluding hydrogens is 520 g/mol. The first-order valence-corrected chi connectivity index (χ1v) is 10.5. The molecule has 0 aliphatic rings. The summed E-state index contributed by atoms with van der Waals surface area (Å²) in [6.07, 6.45) is 0. The maximum Gasteiger partial charge on any atom is 0.144 e. The van der Waals surface area contributed by atoms with Crippen LogP contribution in [-0.4, -0.2) is 6.61 Å². The molecule has 0 aliphatic carbocycles. The molecule has 0 bridgehead atoms. The first-order chi connectivity index (χ1) is 12.6. The second-order valence-electron chi connectivity index (χ2n) is 5.73. The third kappa shape index (κ3) is 4.20. The molecule has 0 N–H and O–H groups in total. The van der Waals surface area contributed by atoms with E-state index < -0.39 is 5.60 Å². The van der Waals surface area contributed by atoms with Gasteiger partial charge in [-0.25, -0.2) is 0 Å². The molecule has 0 unspecified atom stereocenters. The SMILES string of the molecule is BrC(Br)=C(Br)COC(c1ccccc1)(c1ccccc1)c1ccccc1. The summed E-state index contributed by atoms with van der Waals surface area (Å²) >= 11 is 10.5. The lowest BCUT2D eigenvalue weighted by Gasteiger charge is -2.36. The number of hydrogen-bond donors (Lipinski definition) is 0. The Morgan fingerprint density at radius 2 is 0.962 bits per heavy atom. The van der Waals surface area contributed by atoms with E-state index in [9.17, 15) is 0 Å². The fraction of sp³-hybridized carbons (Fsp3) is 0.0909. The van der Waals surface area contributed by atoms with Crippen LogP contribution in [0.1, 0.15) is 16.7 Å². The summed E-state index contributed by atoms with van der Waals surface area (Å²) in [5, 5.41) is 0. The van der Waals surface area contributed by atoms with Crippen LogP contribution in [0.25, 0.3) is 0 Å². The zero-order chi connectivity index (χ0) is 18.4. The number of benzene rings is 3. The van der Waals surface area contributed by atoms with Crippen molar-refractivity contribution in [1.29, 1.82) is 0 Å². The van der Waals surface area contributed by atoms with Gasteiger partial charge in [0.05, 0.1) is 10.00 Å². The van der Waals surface area contributed by atoms with Gasteiger partial charge in [0.2, 0.25) is 0 Å². The normalized spacial score (nSPS) is 11.2. The third-order valence-electron chi connectivity index (χ3n) is 4.16. The number of hydrogen-bond acceptors (Lipinski definition) is 1. The molecule has 0 aromatic heterocycles. The van der Waals surface area contributed by atoms with Crippen molar-refractivity contribution < 1.29 is 4.74 Å². The topological polar surface area (TPSA) is 9.23 Å². The average Bonchev–Trinajstić information content (AvgIpc) is 2.70. The molecule has 132 valence electrons. The summed E-state index contributed by atoms with van der Waals surface area (Å²) in [6, 6.07) is 31.0. The first-order valence-electron chi connectivity index (χ1n) is 8.15. The molecule has 0 fully saturated rings. The van der Waals surface area contributed by atoms with E-state index in [1.165, 1.54) is 0 Å². The second-order valence-corrected chi connectivity index (χ2v) is 9.34. The molecule has 0 heterocycles. The summed E-state index contributed by atoms with van der Waals surface area (Å²) in [5.74, 6) is 0. The standard InChI is InChI=1S/C22H17Br3O/c23-20(21(24)25)16-26-22(17-10-4-1-5-11-17,18-12-6-2-7-13-18)19-14-8-3-9-15-19/h1-15H,16H2. The van der Waals surface area contributed by atoms with Crippen molar-refractivity contribution in [1.82, 2.24) is 0 Å². The van der Waals surface area contributed by atoms with Crippen molar-refractivity contribution in [2.75, 3.05) is 6.61 Å². The average molecular weight is 537 g/mol. The highest BCUT2D eigenvalue weighted by Crippen LogP contribution is 2.41. The molecule has 3 aromatic carbocycles. The van der Waals surface area contributed by atoms with Crippen molar-refractivity contribution in [3.63, 3.8) is 0 Å². The lowest BCUT2D eigenvalue weighted by Crippen LogP contribution is -2.33. The Hall–Kier alpha value is -1.20. The highest BCUT2D eigenvalue weighted by atomic mass is 79.9. The maximum absolute atomic E-state index is 6.65. The van der Waals surface area contributed by atoms with Crippen molar-refractivity contribution in [3.8, 4) is 0 Å². The van der Waals surface area contributed by atoms with Crippen molar-refractivity contribution in [2.45, 2.75) is 5.60 Å². The van der Waals surface area contributed by atoms with E-state index in [1.807, 2.05) is 54.6 Å². The summed E-state index contributed by atoms with van der Waals surface area (Å²) in [6.45, 7) is 0.407. The van der Waals surface area contributed by atoms with Crippen LogP contribution >= 0.6 is 47.8 Å². The van der Waals surface area contributed by atoms with E-state index in [0.29, 0.717) is 6.61 Å². The van der Waals surface area contributed by atoms with E-state index in [4.69, 9.17) is 4.74 Å². The van der Waals surface area contributed by atoms with Crippen molar-refractivity contribution in [2.24, 2.45) is 0 Å². The van der Waals surface area contributed by atoms with Gasteiger partial charge < -0.3 is 4.74 Å². The van der Waals surface area contributed by atoms with Crippen molar-refractivity contribution in [3.05, 3.63) is 116 Å². The Kier molecular flexibility index (Phi) is 6.87. The molecule has 1 nitrogen and oxygen atoms in total. The molecular formula is C22H17Br3O.